The highest BCUT2D eigenvalue weighted by molar-refractivity contribution is 5.94. The molecule has 4 rings (SSSR count). The van der Waals surface area contributed by atoms with Crippen molar-refractivity contribution in [1.29, 1.82) is 0 Å². The molecule has 2 atom stereocenters. The summed E-state index contributed by atoms with van der Waals surface area (Å²) >= 11 is 0. The van der Waals surface area contributed by atoms with Crippen LogP contribution in [0.15, 0.2) is 42.6 Å². The molecule has 2 fully saturated rings. The number of anilines is 1. The molecule has 2 amide bonds. The molecular weight excluding hydrogens is 374 g/mol. The molecule has 2 aliphatic heterocycles. The lowest BCUT2D eigenvalue weighted by Crippen LogP contribution is -2.34. The Balaban J connectivity index is 1.28. The van der Waals surface area contributed by atoms with Gasteiger partial charge < -0.3 is 19.5 Å². The van der Waals surface area contributed by atoms with Gasteiger partial charge in [-0.25, -0.2) is 9.78 Å². The Morgan fingerprint density at radius 3 is 2.79 bits per heavy atom. The lowest BCUT2D eigenvalue weighted by Gasteiger charge is -2.13. The van der Waals surface area contributed by atoms with E-state index in [1.807, 2.05) is 31.2 Å². The quantitative estimate of drug-likeness (QED) is 0.805. The molecule has 0 aliphatic carbocycles. The van der Waals surface area contributed by atoms with Crippen LogP contribution in [0.2, 0.25) is 0 Å². The van der Waals surface area contributed by atoms with E-state index in [0.29, 0.717) is 31.2 Å². The minimum atomic E-state index is -0.411. The molecule has 1 N–H and O–H groups in total. The number of hydrogen-bond acceptors (Lipinski definition) is 6. The summed E-state index contributed by atoms with van der Waals surface area (Å²) in [5.74, 6) is 0.189. The van der Waals surface area contributed by atoms with Crippen LogP contribution in [0, 0.1) is 6.92 Å². The average molecular weight is 397 g/mol. The van der Waals surface area contributed by atoms with E-state index in [1.165, 1.54) is 6.20 Å². The molecular formula is C21H23N3O5. The molecule has 29 heavy (non-hydrogen) atoms. The van der Waals surface area contributed by atoms with Gasteiger partial charge in [0.25, 0.3) is 5.91 Å². The van der Waals surface area contributed by atoms with Crippen molar-refractivity contribution in [3.05, 3.63) is 53.7 Å². The fourth-order valence-electron chi connectivity index (χ4n) is 3.23. The maximum Gasteiger partial charge on any atom is 0.414 e. The summed E-state index contributed by atoms with van der Waals surface area (Å²) in [6.07, 6.45) is 1.50. The van der Waals surface area contributed by atoms with Crippen molar-refractivity contribution < 1.29 is 23.8 Å². The topological polar surface area (TPSA) is 90.0 Å². The number of aromatic nitrogens is 1. The van der Waals surface area contributed by atoms with Gasteiger partial charge in [-0.2, -0.15) is 0 Å². The van der Waals surface area contributed by atoms with Gasteiger partial charge in [-0.1, -0.05) is 17.7 Å². The highest BCUT2D eigenvalue weighted by Gasteiger charge is 2.32. The van der Waals surface area contributed by atoms with Crippen LogP contribution in [0.4, 0.5) is 10.5 Å². The number of amides is 2. The third kappa shape index (κ3) is 4.65. The highest BCUT2D eigenvalue weighted by Crippen LogP contribution is 2.22. The van der Waals surface area contributed by atoms with E-state index in [1.54, 1.807) is 17.0 Å². The predicted octanol–water partition coefficient (Wildman–Crippen LogP) is 2.31. The van der Waals surface area contributed by atoms with Crippen molar-refractivity contribution in [3.63, 3.8) is 0 Å². The van der Waals surface area contributed by atoms with Crippen molar-refractivity contribution in [3.8, 4) is 5.88 Å². The van der Waals surface area contributed by atoms with E-state index in [-0.39, 0.29) is 18.6 Å². The Labute approximate surface area is 168 Å². The second-order valence-electron chi connectivity index (χ2n) is 7.15. The molecule has 0 bridgehead atoms. The van der Waals surface area contributed by atoms with Crippen molar-refractivity contribution in [1.82, 2.24) is 10.3 Å². The van der Waals surface area contributed by atoms with Crippen molar-refractivity contribution >= 4 is 17.7 Å². The number of carbonyl (C=O) groups excluding carboxylic acids is 2. The Kier molecular flexibility index (Phi) is 5.62. The van der Waals surface area contributed by atoms with Crippen LogP contribution in [0.3, 0.4) is 0 Å². The largest absolute Gasteiger partial charge is 0.472 e. The lowest BCUT2D eigenvalue weighted by molar-refractivity contribution is 0.0915. The van der Waals surface area contributed by atoms with E-state index in [0.717, 1.165) is 17.7 Å². The first kappa shape index (κ1) is 19.2. The standard InChI is InChI=1S/C21H23N3O5/c1-14-2-5-16(6-3-14)24-12-18(29-21(24)26)11-23-20(25)15-4-7-19(22-10-15)28-17-8-9-27-13-17/h2-7,10,17-18H,8-9,11-13H2,1H3,(H,23,25). The number of ether oxygens (including phenoxy) is 3. The van der Waals surface area contributed by atoms with E-state index >= 15 is 0 Å². The highest BCUT2D eigenvalue weighted by atomic mass is 16.6. The summed E-state index contributed by atoms with van der Waals surface area (Å²) in [6, 6.07) is 11.0. The van der Waals surface area contributed by atoms with Gasteiger partial charge in [-0.15, -0.1) is 0 Å². The van der Waals surface area contributed by atoms with Gasteiger partial charge in [0.05, 0.1) is 31.9 Å². The minimum absolute atomic E-state index is 0.00991. The fourth-order valence-corrected chi connectivity index (χ4v) is 3.23. The molecule has 0 radical (unpaired) electrons. The lowest BCUT2D eigenvalue weighted by atomic mass is 10.2. The number of nitrogens with one attached hydrogen (secondary N) is 1. The smallest absolute Gasteiger partial charge is 0.414 e. The molecule has 0 saturated carbocycles. The maximum atomic E-state index is 12.4. The normalized spacial score (nSPS) is 21.1. The van der Waals surface area contributed by atoms with Crippen molar-refractivity contribution in [2.24, 2.45) is 0 Å². The summed E-state index contributed by atoms with van der Waals surface area (Å²) < 4.78 is 16.3. The van der Waals surface area contributed by atoms with Crippen molar-refractivity contribution in [2.45, 2.75) is 25.6 Å². The molecule has 2 aromatic rings. The zero-order valence-corrected chi connectivity index (χ0v) is 16.2. The van der Waals surface area contributed by atoms with Gasteiger partial charge >= 0.3 is 6.09 Å². The molecule has 152 valence electrons. The van der Waals surface area contributed by atoms with Crippen molar-refractivity contribution in [2.75, 3.05) is 31.2 Å². The first-order chi connectivity index (χ1) is 14.1. The molecule has 2 saturated heterocycles. The number of pyridine rings is 1. The molecule has 8 heteroatoms. The second-order valence-corrected chi connectivity index (χ2v) is 7.15. The van der Waals surface area contributed by atoms with E-state index in [2.05, 4.69) is 10.3 Å². The molecule has 3 heterocycles. The van der Waals surface area contributed by atoms with Crippen LogP contribution in [-0.4, -0.2) is 55.5 Å². The predicted molar refractivity (Wildman–Crippen MR) is 105 cm³/mol. The Morgan fingerprint density at radius 2 is 2.10 bits per heavy atom. The second kappa shape index (κ2) is 8.48. The monoisotopic (exact) mass is 397 g/mol. The summed E-state index contributed by atoms with van der Waals surface area (Å²) in [4.78, 5) is 30.2. The van der Waals surface area contributed by atoms with E-state index in [4.69, 9.17) is 14.2 Å². The number of aryl methyl sites for hydroxylation is 1. The minimum Gasteiger partial charge on any atom is -0.472 e. The van der Waals surface area contributed by atoms with Crippen LogP contribution < -0.4 is 15.0 Å². The van der Waals surface area contributed by atoms with Gasteiger partial charge in [0, 0.05) is 24.4 Å². The number of hydrogen-bond donors (Lipinski definition) is 1. The van der Waals surface area contributed by atoms with Gasteiger partial charge in [0.1, 0.15) is 12.2 Å². The zero-order chi connectivity index (χ0) is 20.2. The summed E-state index contributed by atoms with van der Waals surface area (Å²) in [6.45, 7) is 3.85. The Hall–Kier alpha value is -3.13. The van der Waals surface area contributed by atoms with Crippen LogP contribution in [0.1, 0.15) is 22.3 Å². The van der Waals surface area contributed by atoms with Gasteiger partial charge in [-0.3, -0.25) is 9.69 Å². The summed E-state index contributed by atoms with van der Waals surface area (Å²) in [5, 5.41) is 2.79. The van der Waals surface area contributed by atoms with E-state index in [9.17, 15) is 9.59 Å². The third-order valence-corrected chi connectivity index (χ3v) is 4.88. The molecule has 1 aromatic carbocycles. The Morgan fingerprint density at radius 1 is 1.28 bits per heavy atom. The van der Waals surface area contributed by atoms with Crippen LogP contribution >= 0.6 is 0 Å². The van der Waals surface area contributed by atoms with Crippen LogP contribution in [0.25, 0.3) is 0 Å². The molecule has 0 spiro atoms. The first-order valence-corrected chi connectivity index (χ1v) is 9.62. The molecule has 8 nitrogen and oxygen atoms in total. The van der Waals surface area contributed by atoms with Gasteiger partial charge in [0.15, 0.2) is 0 Å². The van der Waals surface area contributed by atoms with Crippen LogP contribution in [-0.2, 0) is 9.47 Å². The molecule has 2 aliphatic rings. The summed E-state index contributed by atoms with van der Waals surface area (Å²) in [7, 11) is 0. The number of nitrogens with zero attached hydrogens (tertiary/aromatic N) is 2. The first-order valence-electron chi connectivity index (χ1n) is 9.62. The average Bonchev–Trinajstić information content (AvgIpc) is 3.37. The number of rotatable bonds is 6. The number of carbonyl (C=O) groups is 2. The van der Waals surface area contributed by atoms with Gasteiger partial charge in [-0.05, 0) is 25.1 Å². The third-order valence-electron chi connectivity index (χ3n) is 4.88. The maximum absolute atomic E-state index is 12.4. The summed E-state index contributed by atoms with van der Waals surface area (Å²) in [5.41, 5.74) is 2.31. The SMILES string of the molecule is Cc1ccc(N2CC(CNC(=O)c3ccc(OC4CCOC4)nc3)OC2=O)cc1. The number of cyclic esters (lactones) is 1. The van der Waals surface area contributed by atoms with E-state index < -0.39 is 12.2 Å². The fraction of sp³-hybridized carbons (Fsp3) is 0.381. The zero-order valence-electron chi connectivity index (χ0n) is 16.2. The number of benzene rings is 1. The Bertz CT molecular complexity index is 863. The van der Waals surface area contributed by atoms with Gasteiger partial charge in [0.2, 0.25) is 5.88 Å². The van der Waals surface area contributed by atoms with Crippen LogP contribution in [0.5, 0.6) is 5.88 Å². The molecule has 1 aromatic heterocycles. The molecule has 2 unspecified atom stereocenters.